The molecule has 132 valence electrons. The van der Waals surface area contributed by atoms with Crippen LogP contribution in [0.5, 0.6) is 0 Å². The number of carbonyl (C=O) groups excluding carboxylic acids is 2. The number of carbonyl (C=O) groups is 2. The normalized spacial score (nSPS) is 18.5. The Morgan fingerprint density at radius 3 is 2.88 bits per heavy atom. The molecule has 1 aliphatic heterocycles. The number of nitrogens with zero attached hydrogens (tertiary/aromatic N) is 2. The van der Waals surface area contributed by atoms with E-state index in [1.807, 2.05) is 18.7 Å². The molecule has 2 heterocycles. The summed E-state index contributed by atoms with van der Waals surface area (Å²) in [5, 5.41) is 5.60. The zero-order valence-corrected chi connectivity index (χ0v) is 14.4. The van der Waals surface area contributed by atoms with Crippen LogP contribution in [-0.2, 0) is 16.0 Å². The van der Waals surface area contributed by atoms with Gasteiger partial charge in [0.25, 0.3) is 5.56 Å². The van der Waals surface area contributed by atoms with Crippen molar-refractivity contribution in [3.63, 3.8) is 0 Å². The Kier molecular flexibility index (Phi) is 6.08. The van der Waals surface area contributed by atoms with E-state index in [1.54, 1.807) is 6.92 Å². The molecule has 1 fully saturated rings. The number of aryl methyl sites for hydroxylation is 1. The van der Waals surface area contributed by atoms with E-state index in [4.69, 9.17) is 0 Å². The molecule has 0 saturated carbocycles. The Hall–Kier alpha value is -2.22. The molecule has 0 spiro atoms. The fourth-order valence-electron chi connectivity index (χ4n) is 2.89. The number of aromatic amines is 1. The lowest BCUT2D eigenvalue weighted by atomic mass is 10.1. The average Bonchev–Trinajstić information content (AvgIpc) is 2.48. The topological polar surface area (TPSA) is 107 Å². The molecular weight excluding hydrogens is 310 g/mol. The van der Waals surface area contributed by atoms with Crippen molar-refractivity contribution in [2.24, 2.45) is 0 Å². The fraction of sp³-hybridized carbons (Fsp3) is 0.625. The summed E-state index contributed by atoms with van der Waals surface area (Å²) in [4.78, 5) is 44.4. The first-order valence-corrected chi connectivity index (χ1v) is 8.24. The molecule has 1 unspecified atom stereocenters. The van der Waals surface area contributed by atoms with E-state index in [2.05, 4.69) is 20.6 Å². The molecule has 0 bridgehead atoms. The minimum absolute atomic E-state index is 0.102. The SMILES string of the molecule is Cc1cc(=O)[nH]c(CCNC(=O)CC2C(=O)NCCN2C(C)C)n1. The summed E-state index contributed by atoms with van der Waals surface area (Å²) in [5.74, 6) is 0.256. The molecule has 1 aliphatic rings. The number of rotatable bonds is 6. The highest BCUT2D eigenvalue weighted by Gasteiger charge is 2.32. The van der Waals surface area contributed by atoms with Crippen LogP contribution in [0.1, 0.15) is 31.8 Å². The third-order valence-corrected chi connectivity index (χ3v) is 4.02. The monoisotopic (exact) mass is 335 g/mol. The Bertz CT molecular complexity index is 655. The number of H-pyrrole nitrogens is 1. The van der Waals surface area contributed by atoms with Crippen LogP contribution in [-0.4, -0.2) is 58.4 Å². The molecule has 1 atom stereocenters. The van der Waals surface area contributed by atoms with Crippen molar-refractivity contribution in [2.45, 2.75) is 45.7 Å². The largest absolute Gasteiger partial charge is 0.356 e. The van der Waals surface area contributed by atoms with E-state index >= 15 is 0 Å². The van der Waals surface area contributed by atoms with Gasteiger partial charge in [-0.05, 0) is 20.8 Å². The zero-order valence-electron chi connectivity index (χ0n) is 14.4. The van der Waals surface area contributed by atoms with Crippen LogP contribution < -0.4 is 16.2 Å². The van der Waals surface area contributed by atoms with Crippen LogP contribution in [0.15, 0.2) is 10.9 Å². The number of nitrogens with one attached hydrogen (secondary N) is 3. The molecule has 0 aliphatic carbocycles. The molecule has 0 radical (unpaired) electrons. The average molecular weight is 335 g/mol. The highest BCUT2D eigenvalue weighted by atomic mass is 16.2. The molecule has 8 nitrogen and oxygen atoms in total. The van der Waals surface area contributed by atoms with E-state index in [1.165, 1.54) is 6.07 Å². The summed E-state index contributed by atoms with van der Waals surface area (Å²) in [6.45, 7) is 7.50. The minimum Gasteiger partial charge on any atom is -0.356 e. The summed E-state index contributed by atoms with van der Waals surface area (Å²) in [5.41, 5.74) is 0.446. The van der Waals surface area contributed by atoms with Gasteiger partial charge in [-0.3, -0.25) is 19.3 Å². The first-order chi connectivity index (χ1) is 11.4. The van der Waals surface area contributed by atoms with Crippen molar-refractivity contribution in [1.82, 2.24) is 25.5 Å². The number of hydrogen-bond donors (Lipinski definition) is 3. The predicted molar refractivity (Wildman–Crippen MR) is 89.6 cm³/mol. The first-order valence-electron chi connectivity index (χ1n) is 8.24. The third kappa shape index (κ3) is 4.89. The van der Waals surface area contributed by atoms with Crippen LogP contribution in [0, 0.1) is 6.92 Å². The standard InChI is InChI=1S/C16H25N5O3/c1-10(2)21-7-6-18-16(24)12(21)9-14(22)17-5-4-13-19-11(3)8-15(23)20-13/h8,10,12H,4-7,9H2,1-3H3,(H,17,22)(H,18,24)(H,19,20,23). The van der Waals surface area contributed by atoms with Gasteiger partial charge in [0.15, 0.2) is 0 Å². The second-order valence-electron chi connectivity index (χ2n) is 6.28. The van der Waals surface area contributed by atoms with Gasteiger partial charge in [-0.25, -0.2) is 4.98 Å². The fourth-order valence-corrected chi connectivity index (χ4v) is 2.89. The Balaban J connectivity index is 1.85. The highest BCUT2D eigenvalue weighted by Crippen LogP contribution is 2.12. The van der Waals surface area contributed by atoms with Gasteiger partial charge in [0, 0.05) is 43.9 Å². The summed E-state index contributed by atoms with van der Waals surface area (Å²) in [7, 11) is 0. The van der Waals surface area contributed by atoms with Gasteiger partial charge < -0.3 is 15.6 Å². The van der Waals surface area contributed by atoms with Gasteiger partial charge in [-0.2, -0.15) is 0 Å². The zero-order chi connectivity index (χ0) is 17.7. The second-order valence-corrected chi connectivity index (χ2v) is 6.28. The second kappa shape index (κ2) is 8.05. The Morgan fingerprint density at radius 2 is 2.21 bits per heavy atom. The van der Waals surface area contributed by atoms with E-state index in [0.29, 0.717) is 31.0 Å². The van der Waals surface area contributed by atoms with Gasteiger partial charge in [0.1, 0.15) is 5.82 Å². The van der Waals surface area contributed by atoms with Crippen molar-refractivity contribution in [3.8, 4) is 0 Å². The molecule has 1 saturated heterocycles. The molecular formula is C16H25N5O3. The van der Waals surface area contributed by atoms with Gasteiger partial charge >= 0.3 is 0 Å². The maximum Gasteiger partial charge on any atom is 0.251 e. The number of piperazine rings is 1. The van der Waals surface area contributed by atoms with Gasteiger partial charge in [0.2, 0.25) is 11.8 Å². The van der Waals surface area contributed by atoms with Crippen LogP contribution in [0.2, 0.25) is 0 Å². The maximum atomic E-state index is 12.1. The van der Waals surface area contributed by atoms with Gasteiger partial charge in [0.05, 0.1) is 12.5 Å². The molecule has 24 heavy (non-hydrogen) atoms. The lowest BCUT2D eigenvalue weighted by Crippen LogP contribution is -2.58. The predicted octanol–water partition coefficient (Wildman–Crippen LogP) is -0.664. The smallest absolute Gasteiger partial charge is 0.251 e. The van der Waals surface area contributed by atoms with Gasteiger partial charge in [-0.1, -0.05) is 0 Å². The van der Waals surface area contributed by atoms with Gasteiger partial charge in [-0.15, -0.1) is 0 Å². The van der Waals surface area contributed by atoms with Crippen LogP contribution in [0.25, 0.3) is 0 Å². The summed E-state index contributed by atoms with van der Waals surface area (Å²) >= 11 is 0. The van der Waals surface area contributed by atoms with Crippen molar-refractivity contribution in [1.29, 1.82) is 0 Å². The van der Waals surface area contributed by atoms with E-state index in [-0.39, 0.29) is 29.8 Å². The third-order valence-electron chi connectivity index (χ3n) is 4.02. The molecule has 8 heteroatoms. The molecule has 1 aromatic heterocycles. The van der Waals surface area contributed by atoms with E-state index in [0.717, 1.165) is 6.54 Å². The van der Waals surface area contributed by atoms with Crippen LogP contribution >= 0.6 is 0 Å². The quantitative estimate of drug-likeness (QED) is 0.639. The number of aromatic nitrogens is 2. The molecule has 2 amide bonds. The summed E-state index contributed by atoms with van der Waals surface area (Å²) in [6.07, 6.45) is 0.565. The Labute approximate surface area is 141 Å². The van der Waals surface area contributed by atoms with Crippen LogP contribution in [0.4, 0.5) is 0 Å². The lowest BCUT2D eigenvalue weighted by molar-refractivity contribution is -0.134. The number of hydrogen-bond acceptors (Lipinski definition) is 5. The molecule has 3 N–H and O–H groups in total. The van der Waals surface area contributed by atoms with Crippen LogP contribution in [0.3, 0.4) is 0 Å². The first kappa shape index (κ1) is 18.1. The maximum absolute atomic E-state index is 12.1. The molecule has 2 rings (SSSR count). The van der Waals surface area contributed by atoms with E-state index in [9.17, 15) is 14.4 Å². The molecule has 0 aromatic carbocycles. The van der Waals surface area contributed by atoms with Crippen molar-refractivity contribution >= 4 is 11.8 Å². The Morgan fingerprint density at radius 1 is 1.46 bits per heavy atom. The summed E-state index contributed by atoms with van der Waals surface area (Å²) in [6, 6.07) is 1.19. The summed E-state index contributed by atoms with van der Waals surface area (Å²) < 4.78 is 0. The van der Waals surface area contributed by atoms with Crippen molar-refractivity contribution < 1.29 is 9.59 Å². The minimum atomic E-state index is -0.435. The van der Waals surface area contributed by atoms with E-state index < -0.39 is 6.04 Å². The molecule has 1 aromatic rings. The van der Waals surface area contributed by atoms with Crippen molar-refractivity contribution in [2.75, 3.05) is 19.6 Å². The van der Waals surface area contributed by atoms with Crippen molar-refractivity contribution in [3.05, 3.63) is 27.9 Å². The highest BCUT2D eigenvalue weighted by molar-refractivity contribution is 5.88. The lowest BCUT2D eigenvalue weighted by Gasteiger charge is -2.37. The number of amides is 2.